The zero-order chi connectivity index (χ0) is 26.5. The normalized spacial score (nSPS) is 23.9. The Balaban J connectivity index is 1.36. The largest absolute Gasteiger partial charge is 0.340 e. The summed E-state index contributed by atoms with van der Waals surface area (Å²) in [4.78, 5) is 33.4. The van der Waals surface area contributed by atoms with Gasteiger partial charge in [0.1, 0.15) is 5.82 Å². The van der Waals surface area contributed by atoms with Crippen LogP contribution in [0.3, 0.4) is 0 Å². The first-order valence-electron chi connectivity index (χ1n) is 12.9. The molecule has 2 aliphatic rings. The minimum atomic E-state index is -2.58. The van der Waals surface area contributed by atoms with Crippen LogP contribution in [-0.2, 0) is 0 Å². The molecular formula is C23H23FN6O. The van der Waals surface area contributed by atoms with Gasteiger partial charge in [0.25, 0.3) is 5.91 Å². The van der Waals surface area contributed by atoms with Crippen molar-refractivity contribution in [3.05, 3.63) is 65.5 Å². The molecule has 2 aliphatic heterocycles. The topological polar surface area (TPSA) is 75.1 Å². The Morgan fingerprint density at radius 3 is 2.35 bits per heavy atom. The van der Waals surface area contributed by atoms with Crippen LogP contribution in [0.1, 0.15) is 30.0 Å². The summed E-state index contributed by atoms with van der Waals surface area (Å²) >= 11 is 0. The van der Waals surface area contributed by atoms with Gasteiger partial charge < -0.3 is 9.80 Å². The maximum absolute atomic E-state index is 14.7. The number of hydrogen-bond acceptors (Lipinski definition) is 6. The Bertz CT molecular complexity index is 1290. The van der Waals surface area contributed by atoms with Gasteiger partial charge in [-0.3, -0.25) is 4.79 Å². The van der Waals surface area contributed by atoms with E-state index in [2.05, 4.69) is 19.9 Å². The third kappa shape index (κ3) is 3.62. The molecule has 2 unspecified atom stereocenters. The van der Waals surface area contributed by atoms with Crippen LogP contribution >= 0.6 is 0 Å². The van der Waals surface area contributed by atoms with Crippen molar-refractivity contribution in [2.24, 2.45) is 11.8 Å². The van der Waals surface area contributed by atoms with Crippen molar-refractivity contribution in [1.82, 2.24) is 24.8 Å². The predicted octanol–water partition coefficient (Wildman–Crippen LogP) is 2.90. The lowest BCUT2D eigenvalue weighted by molar-refractivity contribution is 0.0783. The van der Waals surface area contributed by atoms with Crippen molar-refractivity contribution in [3.8, 4) is 11.4 Å². The Morgan fingerprint density at radius 2 is 1.71 bits per heavy atom. The first-order chi connectivity index (χ1) is 17.4. The number of anilines is 1. The summed E-state index contributed by atoms with van der Waals surface area (Å²) in [5.41, 5.74) is -0.406. The third-order valence-corrected chi connectivity index (χ3v) is 5.80. The monoisotopic (exact) mass is 424 g/mol. The van der Waals surface area contributed by atoms with Crippen molar-refractivity contribution in [2.75, 3.05) is 31.1 Å². The maximum atomic E-state index is 14.7. The van der Waals surface area contributed by atoms with Gasteiger partial charge in [0.15, 0.2) is 5.82 Å². The number of carbonyl (C=O) groups excluding carboxylic acids is 1. The number of carbonyl (C=O) groups is 1. The zero-order valence-corrected chi connectivity index (χ0v) is 16.5. The van der Waals surface area contributed by atoms with E-state index in [1.807, 2.05) is 0 Å². The highest BCUT2D eigenvalue weighted by atomic mass is 19.1. The van der Waals surface area contributed by atoms with E-state index in [-0.39, 0.29) is 52.0 Å². The van der Waals surface area contributed by atoms with Crippen LogP contribution in [0.15, 0.2) is 42.7 Å². The van der Waals surface area contributed by atoms with Crippen molar-refractivity contribution in [3.63, 3.8) is 0 Å². The minimum absolute atomic E-state index is 0.0326. The van der Waals surface area contributed by atoms with Gasteiger partial charge in [-0.2, -0.15) is 0 Å². The number of likely N-dealkylation sites (tertiary alicyclic amines) is 1. The summed E-state index contributed by atoms with van der Waals surface area (Å²) < 4.78 is 60.8. The average Bonchev–Trinajstić information content (AvgIpc) is 3.42. The quantitative estimate of drug-likeness (QED) is 0.644. The molecule has 31 heavy (non-hydrogen) atoms. The van der Waals surface area contributed by atoms with E-state index in [9.17, 15) is 9.18 Å². The van der Waals surface area contributed by atoms with Crippen LogP contribution < -0.4 is 4.90 Å². The van der Waals surface area contributed by atoms with E-state index < -0.39 is 19.5 Å². The summed E-state index contributed by atoms with van der Waals surface area (Å²) in [5.74, 6) is -0.658. The number of benzene rings is 1. The number of rotatable bonds is 3. The van der Waals surface area contributed by atoms with Crippen LogP contribution in [-0.4, -0.2) is 56.9 Å². The van der Waals surface area contributed by atoms with E-state index in [1.165, 1.54) is 24.5 Å². The van der Waals surface area contributed by atoms with Gasteiger partial charge in [0, 0.05) is 70.0 Å². The molecule has 3 aromatic rings. The van der Waals surface area contributed by atoms with Gasteiger partial charge >= 0.3 is 0 Å². The van der Waals surface area contributed by atoms with Gasteiger partial charge in [-0.25, -0.2) is 24.3 Å². The third-order valence-electron chi connectivity index (χ3n) is 5.80. The number of aromatic nitrogens is 4. The molecule has 1 amide bonds. The highest BCUT2D eigenvalue weighted by Gasteiger charge is 2.43. The lowest BCUT2D eigenvalue weighted by Gasteiger charge is -2.23. The summed E-state index contributed by atoms with van der Waals surface area (Å²) in [6, 6.07) is 6.92. The van der Waals surface area contributed by atoms with Gasteiger partial charge in [-0.05, 0) is 38.0 Å². The molecule has 2 aromatic heterocycles. The van der Waals surface area contributed by atoms with Gasteiger partial charge in [0.05, 0.1) is 11.1 Å². The zero-order valence-electron chi connectivity index (χ0n) is 22.5. The molecule has 0 spiro atoms. The lowest BCUT2D eigenvalue weighted by atomic mass is 10.0. The average molecular weight is 425 g/mol. The number of hydrogen-bond donors (Lipinski definition) is 0. The van der Waals surface area contributed by atoms with Gasteiger partial charge in [0.2, 0.25) is 5.95 Å². The molecular weight excluding hydrogens is 395 g/mol. The number of aryl methyl sites for hydroxylation is 2. The second-order valence-corrected chi connectivity index (χ2v) is 7.81. The first kappa shape index (κ1) is 13.8. The molecule has 158 valence electrons. The maximum Gasteiger partial charge on any atom is 0.254 e. The molecule has 0 N–H and O–H groups in total. The van der Waals surface area contributed by atoms with E-state index in [1.54, 1.807) is 21.9 Å². The number of nitrogens with zero attached hydrogens (tertiary/aromatic N) is 6. The summed E-state index contributed by atoms with van der Waals surface area (Å²) in [7, 11) is 0. The number of halogens is 1. The highest BCUT2D eigenvalue weighted by molar-refractivity contribution is 6.00. The van der Waals surface area contributed by atoms with Gasteiger partial charge in [-0.15, -0.1) is 0 Å². The fraction of sp³-hybridized carbons (Fsp3) is 0.348. The van der Waals surface area contributed by atoms with Crippen molar-refractivity contribution in [1.29, 1.82) is 0 Å². The Kier molecular flexibility index (Phi) is 3.42. The molecule has 8 heteroatoms. The molecule has 2 atom stereocenters. The fourth-order valence-electron chi connectivity index (χ4n) is 4.43. The predicted molar refractivity (Wildman–Crippen MR) is 114 cm³/mol. The molecule has 1 aromatic carbocycles. The molecule has 7 nitrogen and oxygen atoms in total. The molecule has 2 fully saturated rings. The molecule has 4 heterocycles. The van der Waals surface area contributed by atoms with E-state index in [0.717, 1.165) is 6.07 Å². The van der Waals surface area contributed by atoms with E-state index in [0.29, 0.717) is 26.2 Å². The number of amides is 1. The highest BCUT2D eigenvalue weighted by Crippen LogP contribution is 2.35. The number of fused-ring (bicyclic) bond motifs is 1. The van der Waals surface area contributed by atoms with Crippen molar-refractivity contribution < 1.29 is 17.4 Å². The van der Waals surface area contributed by atoms with E-state index in [4.69, 9.17) is 8.22 Å². The summed E-state index contributed by atoms with van der Waals surface area (Å²) in [6.45, 7) is -3.51. The van der Waals surface area contributed by atoms with E-state index >= 15 is 0 Å². The Hall–Kier alpha value is -3.42. The van der Waals surface area contributed by atoms with Crippen LogP contribution in [0.5, 0.6) is 0 Å². The summed E-state index contributed by atoms with van der Waals surface area (Å²) in [6.07, 6.45) is 2.97. The lowest BCUT2D eigenvalue weighted by Crippen LogP contribution is -2.34. The molecule has 0 bridgehead atoms. The molecule has 0 aliphatic carbocycles. The van der Waals surface area contributed by atoms with Crippen LogP contribution in [0.4, 0.5) is 10.3 Å². The first-order valence-corrected chi connectivity index (χ1v) is 9.92. The second-order valence-electron chi connectivity index (χ2n) is 7.81. The molecule has 5 rings (SSSR count). The molecule has 2 saturated heterocycles. The molecule has 0 radical (unpaired) electrons. The fourth-order valence-corrected chi connectivity index (χ4v) is 4.43. The minimum Gasteiger partial charge on any atom is -0.340 e. The standard InChI is InChI=1S/C23H23FN6O/c1-14-9-15(2)28-23(27-14)30-12-16-10-29(11-17(16)13-30)22(31)18-5-3-6-19(24)20(18)21-25-7-4-8-26-21/h3-9,16-17H,10-13H2,1-2H3/i1D3,2D3. The smallest absolute Gasteiger partial charge is 0.254 e. The second kappa shape index (κ2) is 7.68. The SMILES string of the molecule is [2H]C([2H])([2H])c1cc(C([2H])([2H])[2H])nc(N2CC3CN(C(=O)c4cccc(F)c4-c4ncccn4)CC3C2)n1. The van der Waals surface area contributed by atoms with Crippen molar-refractivity contribution >= 4 is 11.9 Å². The Labute approximate surface area is 188 Å². The summed E-state index contributed by atoms with van der Waals surface area (Å²) in [5, 5.41) is 0. The van der Waals surface area contributed by atoms with Crippen LogP contribution in [0.2, 0.25) is 0 Å². The Morgan fingerprint density at radius 1 is 1.03 bits per heavy atom. The molecule has 0 saturated carbocycles. The van der Waals surface area contributed by atoms with Crippen molar-refractivity contribution in [2.45, 2.75) is 13.7 Å². The van der Waals surface area contributed by atoms with Gasteiger partial charge in [-0.1, -0.05) is 6.07 Å². The van der Waals surface area contributed by atoms with Crippen LogP contribution in [0.25, 0.3) is 11.4 Å². The van der Waals surface area contributed by atoms with Crippen LogP contribution in [0, 0.1) is 31.4 Å².